The molecule has 2 aromatic rings. The van der Waals surface area contributed by atoms with Gasteiger partial charge in [-0.2, -0.15) is 0 Å². The fraction of sp³-hybridized carbons (Fsp3) is 0.188. The van der Waals surface area contributed by atoms with Crippen LogP contribution in [-0.4, -0.2) is 28.3 Å². The first kappa shape index (κ1) is 17.9. The van der Waals surface area contributed by atoms with Gasteiger partial charge in [0.05, 0.1) is 10.5 Å². The highest BCUT2D eigenvalue weighted by Crippen LogP contribution is 2.26. The fourth-order valence-corrected chi connectivity index (χ4v) is 2.16. The van der Waals surface area contributed by atoms with E-state index in [4.69, 9.17) is 5.73 Å². The molecule has 0 saturated heterocycles. The number of anilines is 2. The molecule has 130 valence electrons. The van der Waals surface area contributed by atoms with Crippen LogP contribution in [0.25, 0.3) is 0 Å². The number of aromatic nitrogens is 1. The van der Waals surface area contributed by atoms with Crippen LogP contribution < -0.4 is 16.4 Å². The van der Waals surface area contributed by atoms with E-state index >= 15 is 0 Å². The van der Waals surface area contributed by atoms with Gasteiger partial charge in [0.2, 0.25) is 5.91 Å². The molecule has 0 radical (unpaired) electrons. The normalized spacial score (nSPS) is 10.1. The Labute approximate surface area is 143 Å². The van der Waals surface area contributed by atoms with Crippen LogP contribution in [0.1, 0.15) is 22.3 Å². The van der Waals surface area contributed by atoms with Gasteiger partial charge in [-0.1, -0.05) is 0 Å². The summed E-state index contributed by atoms with van der Waals surface area (Å²) in [6.45, 7) is 1.70. The fourth-order valence-electron chi connectivity index (χ4n) is 2.16. The summed E-state index contributed by atoms with van der Waals surface area (Å²) >= 11 is 0. The summed E-state index contributed by atoms with van der Waals surface area (Å²) in [5.74, 6) is -0.851. The molecule has 0 bridgehead atoms. The quantitative estimate of drug-likeness (QED) is 0.414. The molecule has 1 aromatic carbocycles. The zero-order valence-electron chi connectivity index (χ0n) is 13.5. The molecule has 0 aliphatic heterocycles. The van der Waals surface area contributed by atoms with Gasteiger partial charge >= 0.3 is 0 Å². The van der Waals surface area contributed by atoms with E-state index in [9.17, 15) is 19.7 Å². The molecule has 0 aliphatic carbocycles. The van der Waals surface area contributed by atoms with E-state index in [1.165, 1.54) is 12.1 Å². The lowest BCUT2D eigenvalue weighted by atomic mass is 10.1. The maximum absolute atomic E-state index is 12.2. The Kier molecular flexibility index (Phi) is 5.62. The predicted molar refractivity (Wildman–Crippen MR) is 92.1 cm³/mol. The third kappa shape index (κ3) is 4.74. The lowest BCUT2D eigenvalue weighted by molar-refractivity contribution is -0.384. The number of carbonyl (C=O) groups is 2. The number of nitro groups is 1. The lowest BCUT2D eigenvalue weighted by Gasteiger charge is -2.09. The van der Waals surface area contributed by atoms with Gasteiger partial charge < -0.3 is 16.4 Å². The first-order valence-electron chi connectivity index (χ1n) is 7.41. The Hall–Kier alpha value is -3.49. The minimum atomic E-state index is -0.638. The van der Waals surface area contributed by atoms with Crippen LogP contribution in [0.2, 0.25) is 0 Å². The molecule has 0 spiro atoms. The summed E-state index contributed by atoms with van der Waals surface area (Å²) in [5, 5.41) is 16.2. The summed E-state index contributed by atoms with van der Waals surface area (Å²) in [7, 11) is 0. The van der Waals surface area contributed by atoms with E-state index in [1.54, 1.807) is 31.5 Å². The zero-order valence-corrected chi connectivity index (χ0v) is 13.5. The van der Waals surface area contributed by atoms with Gasteiger partial charge in [-0.3, -0.25) is 24.7 Å². The van der Waals surface area contributed by atoms with Crippen LogP contribution in [0, 0.1) is 17.0 Å². The number of amides is 2. The second-order valence-corrected chi connectivity index (χ2v) is 5.29. The molecule has 0 fully saturated rings. The molecule has 0 atom stereocenters. The number of nitrogens with two attached hydrogens (primary N) is 1. The van der Waals surface area contributed by atoms with Crippen LogP contribution in [0.5, 0.6) is 0 Å². The topological polar surface area (TPSA) is 140 Å². The van der Waals surface area contributed by atoms with Crippen molar-refractivity contribution in [3.8, 4) is 0 Å². The molecular formula is C16H17N5O4. The van der Waals surface area contributed by atoms with Crippen LogP contribution in [-0.2, 0) is 4.79 Å². The van der Waals surface area contributed by atoms with Crippen molar-refractivity contribution in [3.63, 3.8) is 0 Å². The van der Waals surface area contributed by atoms with Crippen molar-refractivity contribution in [2.24, 2.45) is 0 Å². The van der Waals surface area contributed by atoms with Crippen LogP contribution >= 0.6 is 0 Å². The maximum Gasteiger partial charge on any atom is 0.293 e. The van der Waals surface area contributed by atoms with Gasteiger partial charge in [0.15, 0.2) is 0 Å². The summed E-state index contributed by atoms with van der Waals surface area (Å²) in [4.78, 5) is 38.1. The summed E-state index contributed by atoms with van der Waals surface area (Å²) in [6, 6.07) is 6.05. The predicted octanol–water partition coefficient (Wildman–Crippen LogP) is 1.64. The van der Waals surface area contributed by atoms with E-state index in [1.807, 2.05) is 0 Å². The second-order valence-electron chi connectivity index (χ2n) is 5.29. The summed E-state index contributed by atoms with van der Waals surface area (Å²) in [5.41, 5.74) is 6.34. The summed E-state index contributed by atoms with van der Waals surface area (Å²) < 4.78 is 0. The minimum Gasteiger partial charge on any atom is -0.393 e. The Bertz CT molecular complexity index is 808. The number of hydrogen-bond donors (Lipinski definition) is 3. The zero-order chi connectivity index (χ0) is 18.4. The molecule has 1 heterocycles. The van der Waals surface area contributed by atoms with Crippen LogP contribution in [0.15, 0.2) is 36.7 Å². The van der Waals surface area contributed by atoms with E-state index in [-0.39, 0.29) is 35.8 Å². The molecule has 0 aliphatic rings. The Morgan fingerprint density at radius 1 is 1.28 bits per heavy atom. The van der Waals surface area contributed by atoms with Crippen molar-refractivity contribution in [3.05, 3.63) is 57.9 Å². The number of nitrogens with zero attached hydrogens (tertiary/aromatic N) is 2. The lowest BCUT2D eigenvalue weighted by Crippen LogP contribution is -2.28. The van der Waals surface area contributed by atoms with Crippen LogP contribution in [0.3, 0.4) is 0 Å². The number of nitro benzene ring substituents is 1. The van der Waals surface area contributed by atoms with Crippen LogP contribution in [0.4, 0.5) is 17.1 Å². The number of nitrogens with one attached hydrogen (secondary N) is 2. The van der Waals surface area contributed by atoms with Gasteiger partial charge in [-0.25, -0.2) is 0 Å². The molecule has 1 aromatic heterocycles. The molecule has 25 heavy (non-hydrogen) atoms. The van der Waals surface area contributed by atoms with E-state index < -0.39 is 10.8 Å². The number of aryl methyl sites for hydroxylation is 1. The van der Waals surface area contributed by atoms with Gasteiger partial charge in [0.25, 0.3) is 11.6 Å². The van der Waals surface area contributed by atoms with E-state index in [2.05, 4.69) is 15.6 Å². The average molecular weight is 343 g/mol. The van der Waals surface area contributed by atoms with Crippen molar-refractivity contribution in [2.45, 2.75) is 13.3 Å². The number of hydrogen-bond acceptors (Lipinski definition) is 6. The Morgan fingerprint density at radius 2 is 1.96 bits per heavy atom. The number of carbonyl (C=O) groups excluding carboxylic acids is 2. The minimum absolute atomic E-state index is 0.0150. The highest BCUT2D eigenvalue weighted by Gasteiger charge is 2.20. The SMILES string of the molecule is Cc1cc(C(=O)NCCC(=O)Nc2ccncc2)c(N)c([N+](=O)[O-])c1. The first-order valence-corrected chi connectivity index (χ1v) is 7.41. The number of nitrogen functional groups attached to an aromatic ring is 1. The van der Waals surface area contributed by atoms with Crippen molar-refractivity contribution >= 4 is 28.9 Å². The number of benzene rings is 1. The van der Waals surface area contributed by atoms with Gasteiger partial charge in [0.1, 0.15) is 5.69 Å². The van der Waals surface area contributed by atoms with Gasteiger partial charge in [-0.15, -0.1) is 0 Å². The number of rotatable bonds is 6. The average Bonchev–Trinajstić information content (AvgIpc) is 2.57. The highest BCUT2D eigenvalue weighted by atomic mass is 16.6. The molecular weight excluding hydrogens is 326 g/mol. The van der Waals surface area contributed by atoms with Crippen molar-refractivity contribution in [1.82, 2.24) is 10.3 Å². The molecule has 4 N–H and O–H groups in total. The highest BCUT2D eigenvalue weighted by molar-refractivity contribution is 6.01. The second kappa shape index (κ2) is 7.86. The summed E-state index contributed by atoms with van der Waals surface area (Å²) in [6.07, 6.45) is 3.14. The van der Waals surface area contributed by atoms with Crippen molar-refractivity contribution in [2.75, 3.05) is 17.6 Å². The standard InChI is InChI=1S/C16H17N5O4/c1-10-8-12(15(17)13(9-10)21(24)25)16(23)19-7-4-14(22)20-11-2-5-18-6-3-11/h2-3,5-6,8-9H,4,7,17H2,1H3,(H,19,23)(H,18,20,22). The van der Waals surface area contributed by atoms with Crippen molar-refractivity contribution < 1.29 is 14.5 Å². The Morgan fingerprint density at radius 3 is 2.60 bits per heavy atom. The first-order chi connectivity index (χ1) is 11.9. The van der Waals surface area contributed by atoms with Gasteiger partial charge in [-0.05, 0) is 30.7 Å². The largest absolute Gasteiger partial charge is 0.393 e. The monoisotopic (exact) mass is 343 g/mol. The third-order valence-electron chi connectivity index (χ3n) is 3.35. The molecule has 0 saturated carbocycles. The van der Waals surface area contributed by atoms with E-state index in [0.717, 1.165) is 0 Å². The molecule has 2 rings (SSSR count). The molecule has 2 amide bonds. The maximum atomic E-state index is 12.2. The van der Waals surface area contributed by atoms with Crippen molar-refractivity contribution in [1.29, 1.82) is 0 Å². The number of pyridine rings is 1. The molecule has 0 unspecified atom stereocenters. The van der Waals surface area contributed by atoms with Gasteiger partial charge in [0, 0.05) is 37.1 Å². The van der Waals surface area contributed by atoms with E-state index in [0.29, 0.717) is 11.3 Å². The molecule has 9 nitrogen and oxygen atoms in total. The smallest absolute Gasteiger partial charge is 0.293 e. The molecule has 9 heteroatoms. The Balaban J connectivity index is 1.94. The third-order valence-corrected chi connectivity index (χ3v) is 3.35.